The standard InChI is InChI=1S/C5H5F3N2O3S/c1-2-14(11,12)4-10-9-3(13-4)5(6,7)8/h2H2,1H3. The van der Waals surface area contributed by atoms with Gasteiger partial charge in [0.1, 0.15) is 0 Å². The van der Waals surface area contributed by atoms with Crippen molar-refractivity contribution in [2.75, 3.05) is 5.75 Å². The quantitative estimate of drug-likeness (QED) is 0.754. The maximum absolute atomic E-state index is 11.9. The summed E-state index contributed by atoms with van der Waals surface area (Å²) >= 11 is 0. The Morgan fingerprint density at radius 3 is 2.29 bits per heavy atom. The Morgan fingerprint density at radius 2 is 1.93 bits per heavy atom. The number of aromatic nitrogens is 2. The second-order valence-corrected chi connectivity index (χ2v) is 4.43. The Hall–Kier alpha value is -1.12. The largest absolute Gasteiger partial charge is 0.470 e. The van der Waals surface area contributed by atoms with Crippen LogP contribution in [0.1, 0.15) is 12.8 Å². The van der Waals surface area contributed by atoms with E-state index in [1.807, 2.05) is 0 Å². The first-order valence-electron chi connectivity index (χ1n) is 3.41. The normalized spacial score (nSPS) is 13.1. The third-order valence-corrected chi connectivity index (χ3v) is 2.75. The van der Waals surface area contributed by atoms with E-state index in [0.717, 1.165) is 0 Å². The molecule has 9 heteroatoms. The lowest BCUT2D eigenvalue weighted by Crippen LogP contribution is -2.05. The number of alkyl halides is 3. The first kappa shape index (κ1) is 11.0. The van der Waals surface area contributed by atoms with Crippen LogP contribution in [0.4, 0.5) is 13.2 Å². The van der Waals surface area contributed by atoms with Gasteiger partial charge in [-0.15, -0.1) is 5.10 Å². The van der Waals surface area contributed by atoms with Crippen LogP contribution in [0.2, 0.25) is 0 Å². The second-order valence-electron chi connectivity index (χ2n) is 2.27. The predicted octanol–water partition coefficient (Wildman–Crippen LogP) is 0.882. The number of halogens is 3. The van der Waals surface area contributed by atoms with E-state index in [9.17, 15) is 21.6 Å². The fraction of sp³-hybridized carbons (Fsp3) is 0.600. The minimum absolute atomic E-state index is 0.396. The molecule has 0 saturated heterocycles. The van der Waals surface area contributed by atoms with E-state index in [-0.39, 0.29) is 0 Å². The zero-order valence-electron chi connectivity index (χ0n) is 6.87. The molecule has 1 heterocycles. The molecule has 1 aromatic heterocycles. The first-order valence-corrected chi connectivity index (χ1v) is 5.06. The van der Waals surface area contributed by atoms with Crippen molar-refractivity contribution >= 4 is 9.84 Å². The lowest BCUT2D eigenvalue weighted by Gasteiger charge is -1.97. The van der Waals surface area contributed by atoms with Gasteiger partial charge in [0.15, 0.2) is 0 Å². The molecule has 0 aliphatic rings. The van der Waals surface area contributed by atoms with Crippen LogP contribution in [0.3, 0.4) is 0 Å². The topological polar surface area (TPSA) is 73.1 Å². The minimum Gasteiger partial charge on any atom is -0.404 e. The van der Waals surface area contributed by atoms with Crippen molar-refractivity contribution in [1.29, 1.82) is 0 Å². The molecule has 0 aliphatic heterocycles. The maximum atomic E-state index is 11.9. The van der Waals surface area contributed by atoms with E-state index < -0.39 is 32.9 Å². The molecule has 0 N–H and O–H groups in total. The number of hydrogen-bond donors (Lipinski definition) is 0. The molecule has 0 saturated carbocycles. The van der Waals surface area contributed by atoms with E-state index in [1.54, 1.807) is 0 Å². The number of sulfone groups is 1. The molecule has 0 aliphatic carbocycles. The van der Waals surface area contributed by atoms with Gasteiger partial charge >= 0.3 is 17.3 Å². The zero-order valence-corrected chi connectivity index (χ0v) is 7.68. The van der Waals surface area contributed by atoms with Crippen molar-refractivity contribution in [2.24, 2.45) is 0 Å². The molecule has 5 nitrogen and oxygen atoms in total. The molecular weight excluding hydrogens is 225 g/mol. The average molecular weight is 230 g/mol. The van der Waals surface area contributed by atoms with Crippen molar-refractivity contribution in [1.82, 2.24) is 10.2 Å². The highest BCUT2D eigenvalue weighted by atomic mass is 32.2. The van der Waals surface area contributed by atoms with Crippen LogP contribution in [-0.4, -0.2) is 24.4 Å². The van der Waals surface area contributed by atoms with Crippen LogP contribution >= 0.6 is 0 Å². The van der Waals surface area contributed by atoms with Crippen LogP contribution in [0.15, 0.2) is 9.64 Å². The van der Waals surface area contributed by atoms with Crippen LogP contribution in [0, 0.1) is 0 Å². The van der Waals surface area contributed by atoms with Crippen molar-refractivity contribution in [3.05, 3.63) is 5.89 Å². The van der Waals surface area contributed by atoms with Gasteiger partial charge in [-0.25, -0.2) is 8.42 Å². The van der Waals surface area contributed by atoms with Gasteiger partial charge in [-0.1, -0.05) is 12.0 Å². The second kappa shape index (κ2) is 3.23. The molecule has 0 spiro atoms. The fourth-order valence-corrected chi connectivity index (χ4v) is 1.19. The van der Waals surface area contributed by atoms with Gasteiger partial charge in [-0.05, 0) is 0 Å². The third kappa shape index (κ3) is 2.03. The highest BCUT2D eigenvalue weighted by molar-refractivity contribution is 7.91. The highest BCUT2D eigenvalue weighted by Crippen LogP contribution is 2.28. The Labute approximate surface area is 76.9 Å². The summed E-state index contributed by atoms with van der Waals surface area (Å²) in [7, 11) is -3.88. The fourth-order valence-electron chi connectivity index (χ4n) is 0.573. The zero-order chi connectivity index (χ0) is 11.0. The number of rotatable bonds is 2. The van der Waals surface area contributed by atoms with E-state index in [4.69, 9.17) is 0 Å². The molecule has 0 unspecified atom stereocenters. The summed E-state index contributed by atoms with van der Waals surface area (Å²) in [5.41, 5.74) is 0. The molecule has 0 radical (unpaired) electrons. The van der Waals surface area contributed by atoms with Crippen molar-refractivity contribution in [3.63, 3.8) is 0 Å². The Balaban J connectivity index is 3.13. The van der Waals surface area contributed by atoms with Crippen LogP contribution in [0.25, 0.3) is 0 Å². The van der Waals surface area contributed by atoms with Crippen molar-refractivity contribution in [3.8, 4) is 0 Å². The summed E-state index contributed by atoms with van der Waals surface area (Å²) in [4.78, 5) is 0. The van der Waals surface area contributed by atoms with Crippen LogP contribution in [-0.2, 0) is 16.0 Å². The summed E-state index contributed by atoms with van der Waals surface area (Å²) < 4.78 is 61.6. The Morgan fingerprint density at radius 1 is 1.36 bits per heavy atom. The minimum atomic E-state index is -4.82. The number of nitrogens with zero attached hydrogens (tertiary/aromatic N) is 2. The molecule has 0 aromatic carbocycles. The summed E-state index contributed by atoms with van der Waals surface area (Å²) in [6.45, 7) is 1.26. The smallest absolute Gasteiger partial charge is 0.404 e. The molecule has 80 valence electrons. The van der Waals surface area contributed by atoms with Crippen molar-refractivity contribution in [2.45, 2.75) is 18.3 Å². The SMILES string of the molecule is CCS(=O)(=O)c1nnc(C(F)(F)F)o1. The van der Waals surface area contributed by atoms with Gasteiger partial charge in [0.25, 0.3) is 0 Å². The van der Waals surface area contributed by atoms with E-state index >= 15 is 0 Å². The first-order chi connectivity index (χ1) is 6.27. The van der Waals surface area contributed by atoms with Crippen LogP contribution in [0.5, 0.6) is 0 Å². The molecule has 14 heavy (non-hydrogen) atoms. The van der Waals surface area contributed by atoms with Gasteiger partial charge in [-0.2, -0.15) is 13.2 Å². The van der Waals surface area contributed by atoms with Gasteiger partial charge in [0, 0.05) is 0 Å². The molecule has 1 aromatic rings. The average Bonchev–Trinajstić information content (AvgIpc) is 2.51. The molecule has 0 atom stereocenters. The van der Waals surface area contributed by atoms with E-state index in [2.05, 4.69) is 14.6 Å². The predicted molar refractivity (Wildman–Crippen MR) is 37.0 cm³/mol. The number of hydrogen-bond acceptors (Lipinski definition) is 5. The Bertz CT molecular complexity index is 422. The molecule has 0 fully saturated rings. The van der Waals surface area contributed by atoms with Gasteiger partial charge < -0.3 is 4.42 Å². The summed E-state index contributed by atoms with van der Waals surface area (Å²) in [5, 5.41) is 4.37. The van der Waals surface area contributed by atoms with Crippen molar-refractivity contribution < 1.29 is 26.0 Å². The van der Waals surface area contributed by atoms with E-state index in [0.29, 0.717) is 0 Å². The molecule has 0 amide bonds. The highest BCUT2D eigenvalue weighted by Gasteiger charge is 2.39. The Kier molecular flexibility index (Phi) is 2.52. The van der Waals surface area contributed by atoms with Crippen LogP contribution < -0.4 is 0 Å². The molecular formula is C5H5F3N2O3S. The van der Waals surface area contributed by atoms with Gasteiger partial charge in [-0.3, -0.25) is 0 Å². The monoisotopic (exact) mass is 230 g/mol. The maximum Gasteiger partial charge on any atom is 0.470 e. The lowest BCUT2D eigenvalue weighted by atomic mass is 10.7. The van der Waals surface area contributed by atoms with Gasteiger partial charge in [0.2, 0.25) is 9.84 Å². The molecule has 0 bridgehead atoms. The molecule has 1 rings (SSSR count). The summed E-state index contributed by atoms with van der Waals surface area (Å²) in [6, 6.07) is 0. The lowest BCUT2D eigenvalue weighted by molar-refractivity contribution is -0.158. The summed E-state index contributed by atoms with van der Waals surface area (Å²) in [6.07, 6.45) is -4.82. The third-order valence-electron chi connectivity index (χ3n) is 1.30. The summed E-state index contributed by atoms with van der Waals surface area (Å²) in [5.74, 6) is -2.06. The van der Waals surface area contributed by atoms with E-state index in [1.165, 1.54) is 6.92 Å². The van der Waals surface area contributed by atoms with Gasteiger partial charge in [0.05, 0.1) is 5.75 Å².